The van der Waals surface area contributed by atoms with Crippen LogP contribution in [0.1, 0.15) is 24.2 Å². The molecule has 3 nitrogen and oxygen atoms in total. The van der Waals surface area contributed by atoms with Gasteiger partial charge in [-0.15, -0.1) is 0 Å². The number of aryl methyl sites for hydroxylation is 1. The minimum Gasteiger partial charge on any atom is -0.395 e. The standard InChI is InChI=1S/C8H12N2O/c1-6-4-7(10-9-6)8(5-11)2-3-8/h4,11H,2-3,5H2,1H3,(H,9,10). The van der Waals surface area contributed by atoms with Crippen molar-refractivity contribution in [3.63, 3.8) is 0 Å². The average molecular weight is 152 g/mol. The number of aliphatic hydroxyl groups excluding tert-OH is 1. The van der Waals surface area contributed by atoms with Crippen LogP contribution < -0.4 is 0 Å². The summed E-state index contributed by atoms with van der Waals surface area (Å²) >= 11 is 0. The van der Waals surface area contributed by atoms with Crippen LogP contribution >= 0.6 is 0 Å². The largest absolute Gasteiger partial charge is 0.395 e. The summed E-state index contributed by atoms with van der Waals surface area (Å²) in [4.78, 5) is 0. The van der Waals surface area contributed by atoms with Gasteiger partial charge in [-0.25, -0.2) is 0 Å². The Bertz CT molecular complexity index is 263. The lowest BCUT2D eigenvalue weighted by Crippen LogP contribution is -2.12. The van der Waals surface area contributed by atoms with Gasteiger partial charge < -0.3 is 5.11 Å². The Kier molecular flexibility index (Phi) is 1.29. The van der Waals surface area contributed by atoms with E-state index in [1.165, 1.54) is 0 Å². The van der Waals surface area contributed by atoms with Crippen LogP contribution in [0.2, 0.25) is 0 Å². The van der Waals surface area contributed by atoms with Crippen LogP contribution in [0.15, 0.2) is 6.07 Å². The summed E-state index contributed by atoms with van der Waals surface area (Å²) in [6, 6.07) is 2.02. The van der Waals surface area contributed by atoms with E-state index in [0.717, 1.165) is 24.2 Å². The van der Waals surface area contributed by atoms with E-state index in [0.29, 0.717) is 0 Å². The third-order valence-corrected chi connectivity index (χ3v) is 2.41. The molecular weight excluding hydrogens is 140 g/mol. The fourth-order valence-electron chi connectivity index (χ4n) is 1.34. The van der Waals surface area contributed by atoms with Crippen LogP contribution in [0.25, 0.3) is 0 Å². The zero-order chi connectivity index (χ0) is 7.90. The molecule has 2 N–H and O–H groups in total. The molecule has 0 radical (unpaired) electrons. The predicted molar refractivity (Wildman–Crippen MR) is 41.3 cm³/mol. The first-order valence-electron chi connectivity index (χ1n) is 3.90. The van der Waals surface area contributed by atoms with Gasteiger partial charge in [-0.2, -0.15) is 5.10 Å². The molecule has 3 heteroatoms. The lowest BCUT2D eigenvalue weighted by atomic mass is 10.0. The predicted octanol–water partition coefficient (Wildman–Crippen LogP) is 0.742. The van der Waals surface area contributed by atoms with Crippen molar-refractivity contribution in [1.82, 2.24) is 10.2 Å². The van der Waals surface area contributed by atoms with Gasteiger partial charge in [-0.1, -0.05) is 0 Å². The normalized spacial score (nSPS) is 20.2. The molecule has 0 aliphatic heterocycles. The van der Waals surface area contributed by atoms with E-state index >= 15 is 0 Å². The fraction of sp³-hybridized carbons (Fsp3) is 0.625. The van der Waals surface area contributed by atoms with Crippen molar-refractivity contribution in [2.45, 2.75) is 25.2 Å². The summed E-state index contributed by atoms with van der Waals surface area (Å²) in [5.74, 6) is 0. The van der Waals surface area contributed by atoms with E-state index < -0.39 is 0 Å². The topological polar surface area (TPSA) is 48.9 Å². The SMILES string of the molecule is Cc1cc(C2(CO)CC2)n[nH]1. The maximum Gasteiger partial charge on any atom is 0.0709 e. The maximum atomic E-state index is 9.07. The summed E-state index contributed by atoms with van der Waals surface area (Å²) in [5, 5.41) is 16.1. The van der Waals surface area contributed by atoms with Gasteiger partial charge in [0.1, 0.15) is 0 Å². The Morgan fingerprint density at radius 2 is 2.45 bits per heavy atom. The van der Waals surface area contributed by atoms with Crippen LogP contribution in [0, 0.1) is 6.92 Å². The minimum absolute atomic E-state index is 0.0186. The van der Waals surface area contributed by atoms with Crippen LogP contribution in [0.4, 0.5) is 0 Å². The number of aromatic amines is 1. The van der Waals surface area contributed by atoms with Gasteiger partial charge in [0.2, 0.25) is 0 Å². The van der Waals surface area contributed by atoms with Gasteiger partial charge in [0.25, 0.3) is 0 Å². The molecule has 0 atom stereocenters. The van der Waals surface area contributed by atoms with Crippen LogP contribution in [-0.2, 0) is 5.41 Å². The fourth-order valence-corrected chi connectivity index (χ4v) is 1.34. The molecule has 0 bridgehead atoms. The van der Waals surface area contributed by atoms with E-state index in [1.807, 2.05) is 13.0 Å². The molecule has 1 heterocycles. The summed E-state index contributed by atoms with van der Waals surface area (Å²) in [5.41, 5.74) is 2.11. The first kappa shape index (κ1) is 6.85. The molecule has 1 aromatic rings. The van der Waals surface area contributed by atoms with Gasteiger partial charge in [0.15, 0.2) is 0 Å². The third kappa shape index (κ3) is 0.959. The molecule has 11 heavy (non-hydrogen) atoms. The number of nitrogens with one attached hydrogen (secondary N) is 1. The van der Waals surface area contributed by atoms with E-state index in [9.17, 15) is 0 Å². The highest BCUT2D eigenvalue weighted by atomic mass is 16.3. The zero-order valence-corrected chi connectivity index (χ0v) is 6.59. The number of H-pyrrole nitrogens is 1. The van der Waals surface area contributed by atoms with Crippen molar-refractivity contribution >= 4 is 0 Å². The second kappa shape index (κ2) is 2.08. The number of hydrogen-bond acceptors (Lipinski definition) is 2. The first-order chi connectivity index (χ1) is 5.27. The average Bonchev–Trinajstić information content (AvgIpc) is 2.70. The molecule has 1 fully saturated rings. The second-order valence-electron chi connectivity index (χ2n) is 3.37. The minimum atomic E-state index is 0.0186. The number of aromatic nitrogens is 2. The summed E-state index contributed by atoms with van der Waals surface area (Å²) < 4.78 is 0. The van der Waals surface area contributed by atoms with E-state index in [4.69, 9.17) is 5.11 Å². The quantitative estimate of drug-likeness (QED) is 0.656. The number of hydrogen-bond donors (Lipinski definition) is 2. The monoisotopic (exact) mass is 152 g/mol. The number of rotatable bonds is 2. The summed E-state index contributed by atoms with van der Waals surface area (Å²) in [6.07, 6.45) is 2.15. The highest BCUT2D eigenvalue weighted by Crippen LogP contribution is 2.46. The molecule has 2 rings (SSSR count). The summed E-state index contributed by atoms with van der Waals surface area (Å²) in [6.45, 7) is 2.21. The molecular formula is C8H12N2O. The van der Waals surface area contributed by atoms with Gasteiger partial charge >= 0.3 is 0 Å². The van der Waals surface area contributed by atoms with Crippen molar-refractivity contribution in [3.8, 4) is 0 Å². The lowest BCUT2D eigenvalue weighted by molar-refractivity contribution is 0.252. The molecule has 0 unspecified atom stereocenters. The van der Waals surface area contributed by atoms with Gasteiger partial charge in [0.05, 0.1) is 12.3 Å². The van der Waals surface area contributed by atoms with Crippen molar-refractivity contribution in [2.24, 2.45) is 0 Å². The molecule has 1 saturated carbocycles. The molecule has 60 valence electrons. The maximum absolute atomic E-state index is 9.07. The molecule has 0 spiro atoms. The first-order valence-corrected chi connectivity index (χ1v) is 3.90. The molecule has 1 aromatic heterocycles. The Morgan fingerprint density at radius 1 is 1.73 bits per heavy atom. The zero-order valence-electron chi connectivity index (χ0n) is 6.59. The second-order valence-corrected chi connectivity index (χ2v) is 3.37. The van der Waals surface area contributed by atoms with Crippen LogP contribution in [0.5, 0.6) is 0 Å². The van der Waals surface area contributed by atoms with Crippen molar-refractivity contribution in [2.75, 3.05) is 6.61 Å². The molecule has 0 saturated heterocycles. The Morgan fingerprint density at radius 3 is 2.82 bits per heavy atom. The smallest absolute Gasteiger partial charge is 0.0709 e. The van der Waals surface area contributed by atoms with Gasteiger partial charge in [-0.3, -0.25) is 5.10 Å². The number of nitrogens with zero attached hydrogens (tertiary/aromatic N) is 1. The van der Waals surface area contributed by atoms with Crippen molar-refractivity contribution in [1.29, 1.82) is 0 Å². The van der Waals surface area contributed by atoms with Crippen molar-refractivity contribution in [3.05, 3.63) is 17.5 Å². The van der Waals surface area contributed by atoms with Crippen molar-refractivity contribution < 1.29 is 5.11 Å². The number of aliphatic hydroxyl groups is 1. The Hall–Kier alpha value is -0.830. The van der Waals surface area contributed by atoms with Crippen LogP contribution in [-0.4, -0.2) is 21.9 Å². The van der Waals surface area contributed by atoms with Gasteiger partial charge in [-0.05, 0) is 25.8 Å². The van der Waals surface area contributed by atoms with E-state index in [2.05, 4.69) is 10.2 Å². The molecule has 0 aromatic carbocycles. The Labute approximate surface area is 65.4 Å². The summed E-state index contributed by atoms with van der Waals surface area (Å²) in [7, 11) is 0. The lowest BCUT2D eigenvalue weighted by Gasteiger charge is -2.05. The van der Waals surface area contributed by atoms with E-state index in [-0.39, 0.29) is 12.0 Å². The van der Waals surface area contributed by atoms with Crippen LogP contribution in [0.3, 0.4) is 0 Å². The third-order valence-electron chi connectivity index (χ3n) is 2.41. The molecule has 1 aliphatic carbocycles. The van der Waals surface area contributed by atoms with Gasteiger partial charge in [0, 0.05) is 11.1 Å². The Balaban J connectivity index is 2.29. The van der Waals surface area contributed by atoms with E-state index in [1.54, 1.807) is 0 Å². The highest BCUT2D eigenvalue weighted by Gasteiger charge is 2.45. The molecule has 1 aliphatic rings. The highest BCUT2D eigenvalue weighted by molar-refractivity contribution is 5.25. The molecule has 0 amide bonds.